The van der Waals surface area contributed by atoms with Gasteiger partial charge in [0.25, 0.3) is 0 Å². The number of rotatable bonds is 2. The van der Waals surface area contributed by atoms with Crippen LogP contribution < -0.4 is 10.6 Å². The van der Waals surface area contributed by atoms with Crippen LogP contribution >= 0.6 is 0 Å². The Bertz CT molecular complexity index is 658. The molecule has 2 bridgehead atoms. The Morgan fingerprint density at radius 2 is 1.92 bits per heavy atom. The summed E-state index contributed by atoms with van der Waals surface area (Å²) in [5.41, 5.74) is 0.450. The fourth-order valence-corrected chi connectivity index (χ4v) is 2.29. The van der Waals surface area contributed by atoms with Crippen LogP contribution in [0.5, 0.6) is 0 Å². The van der Waals surface area contributed by atoms with Gasteiger partial charge in [-0.2, -0.15) is 0 Å². The third-order valence-electron chi connectivity index (χ3n) is 3.54. The van der Waals surface area contributed by atoms with Gasteiger partial charge in [-0.3, -0.25) is 23.9 Å². The van der Waals surface area contributed by atoms with E-state index in [2.05, 4.69) is 20.9 Å². The number of carboxylic acids is 1. The lowest BCUT2D eigenvalue weighted by Crippen LogP contribution is -2.44. The molecule has 0 saturated heterocycles. The van der Waals surface area contributed by atoms with Crippen LogP contribution in [0.3, 0.4) is 0 Å². The van der Waals surface area contributed by atoms with Crippen molar-refractivity contribution in [3.63, 3.8) is 0 Å². The molecule has 0 unspecified atom stereocenters. The van der Waals surface area contributed by atoms with Crippen molar-refractivity contribution in [1.29, 1.82) is 0 Å². The molecule has 1 aliphatic heterocycles. The van der Waals surface area contributed by atoms with E-state index in [9.17, 15) is 19.2 Å². The van der Waals surface area contributed by atoms with Crippen LogP contribution in [0.4, 0.5) is 0 Å². The Kier molecular flexibility index (Phi) is 6.43. The van der Waals surface area contributed by atoms with E-state index >= 15 is 0 Å². The molecule has 2 rings (SSSR count). The summed E-state index contributed by atoms with van der Waals surface area (Å²) in [6.07, 6.45) is 3.25. The van der Waals surface area contributed by atoms with Gasteiger partial charge in [0.1, 0.15) is 12.2 Å². The van der Waals surface area contributed by atoms with Crippen molar-refractivity contribution in [2.45, 2.75) is 32.4 Å². The highest BCUT2D eigenvalue weighted by molar-refractivity contribution is 5.89. The first-order valence-electron chi connectivity index (χ1n) is 7.86. The zero-order valence-corrected chi connectivity index (χ0v) is 13.6. The van der Waals surface area contributed by atoms with E-state index in [1.165, 1.54) is 0 Å². The summed E-state index contributed by atoms with van der Waals surface area (Å²) in [5.74, 6) is -2.51. The lowest BCUT2D eigenvalue weighted by Gasteiger charge is -2.19. The van der Waals surface area contributed by atoms with E-state index in [1.54, 1.807) is 10.9 Å². The first-order valence-corrected chi connectivity index (χ1v) is 7.86. The first-order chi connectivity index (χ1) is 11.9. The van der Waals surface area contributed by atoms with Crippen molar-refractivity contribution in [3.05, 3.63) is 11.9 Å². The molecular weight excluding hydrogens is 332 g/mol. The maximum absolute atomic E-state index is 12.2. The van der Waals surface area contributed by atoms with Crippen molar-refractivity contribution in [2.75, 3.05) is 19.6 Å². The number of nitrogens with one attached hydrogen (secondary N) is 2. The van der Waals surface area contributed by atoms with E-state index in [4.69, 9.17) is 5.11 Å². The number of hydrogen-bond acceptors (Lipinski definition) is 6. The van der Waals surface area contributed by atoms with E-state index in [0.717, 1.165) is 4.90 Å². The number of nitrogens with zero attached hydrogens (tertiary/aromatic N) is 4. The van der Waals surface area contributed by atoms with E-state index < -0.39 is 24.3 Å². The molecule has 11 heteroatoms. The molecule has 3 amide bonds. The molecule has 0 aliphatic carbocycles. The van der Waals surface area contributed by atoms with E-state index in [-0.39, 0.29) is 25.5 Å². The molecule has 0 spiro atoms. The standard InChI is InChI=1S/C14H20N6O5/c21-11-3-1-2-4-20-8-10(17-18-20)7-19(9-14(24)25)13(23)6-16-12(22)5-15-11/h8H,1-7,9H2,(H,15,21)(H,16,22)(H,24,25). The Labute approximate surface area is 143 Å². The van der Waals surface area contributed by atoms with Gasteiger partial charge in [0.15, 0.2) is 0 Å². The summed E-state index contributed by atoms with van der Waals surface area (Å²) in [4.78, 5) is 47.5. The molecule has 1 aromatic rings. The maximum Gasteiger partial charge on any atom is 0.323 e. The first kappa shape index (κ1) is 18.4. The summed E-state index contributed by atoms with van der Waals surface area (Å²) in [7, 11) is 0. The lowest BCUT2D eigenvalue weighted by atomic mass is 10.2. The van der Waals surface area contributed by atoms with Gasteiger partial charge in [-0.25, -0.2) is 0 Å². The lowest BCUT2D eigenvalue weighted by molar-refractivity contribution is -0.144. The number of aliphatic carboxylic acids is 1. The second kappa shape index (κ2) is 8.76. The Morgan fingerprint density at radius 1 is 1.16 bits per heavy atom. The van der Waals surface area contributed by atoms with Crippen molar-refractivity contribution in [3.8, 4) is 0 Å². The van der Waals surface area contributed by atoms with Crippen molar-refractivity contribution < 1.29 is 24.3 Å². The van der Waals surface area contributed by atoms with Crippen LogP contribution in [-0.2, 0) is 32.3 Å². The summed E-state index contributed by atoms with van der Waals surface area (Å²) in [6, 6.07) is 0. The van der Waals surface area contributed by atoms with Crippen LogP contribution in [-0.4, -0.2) is 68.3 Å². The largest absolute Gasteiger partial charge is 0.480 e. The summed E-state index contributed by atoms with van der Waals surface area (Å²) in [5, 5.41) is 21.6. The molecular formula is C14H20N6O5. The van der Waals surface area contributed by atoms with E-state index in [0.29, 0.717) is 31.5 Å². The van der Waals surface area contributed by atoms with Gasteiger partial charge >= 0.3 is 5.97 Å². The molecule has 136 valence electrons. The SMILES string of the molecule is O=C(O)CN1Cc2cn(nn2)CCCCC(=O)NCC(=O)NCC1=O. The van der Waals surface area contributed by atoms with Crippen LogP contribution in [0, 0.1) is 0 Å². The van der Waals surface area contributed by atoms with Gasteiger partial charge in [0.05, 0.1) is 25.8 Å². The van der Waals surface area contributed by atoms with Gasteiger partial charge < -0.3 is 20.6 Å². The fourth-order valence-electron chi connectivity index (χ4n) is 2.29. The minimum absolute atomic E-state index is 0.0161. The van der Waals surface area contributed by atoms with Gasteiger partial charge in [0.2, 0.25) is 17.7 Å². The Balaban J connectivity index is 2.11. The number of carboxylic acid groups (broad SMARTS) is 1. The zero-order valence-electron chi connectivity index (χ0n) is 13.6. The minimum atomic E-state index is -1.17. The molecule has 25 heavy (non-hydrogen) atoms. The van der Waals surface area contributed by atoms with Crippen molar-refractivity contribution in [1.82, 2.24) is 30.5 Å². The monoisotopic (exact) mass is 352 g/mol. The van der Waals surface area contributed by atoms with Crippen LogP contribution in [0.1, 0.15) is 25.0 Å². The highest BCUT2D eigenvalue weighted by Gasteiger charge is 2.19. The Morgan fingerprint density at radius 3 is 2.68 bits per heavy atom. The number of carbonyl (C=O) groups is 4. The molecule has 0 fully saturated rings. The third kappa shape index (κ3) is 6.20. The molecule has 0 aromatic carbocycles. The molecule has 1 aliphatic rings. The van der Waals surface area contributed by atoms with Gasteiger partial charge in [-0.1, -0.05) is 5.21 Å². The number of aryl methyl sites for hydroxylation is 1. The highest BCUT2D eigenvalue weighted by Crippen LogP contribution is 2.04. The number of amides is 3. The van der Waals surface area contributed by atoms with Crippen LogP contribution in [0.2, 0.25) is 0 Å². The minimum Gasteiger partial charge on any atom is -0.480 e. The topological polar surface area (TPSA) is 147 Å². The summed E-state index contributed by atoms with van der Waals surface area (Å²) in [6.45, 7) is -0.577. The average Bonchev–Trinajstić information content (AvgIpc) is 3.00. The predicted octanol–water partition coefficient (Wildman–Crippen LogP) is -1.89. The summed E-state index contributed by atoms with van der Waals surface area (Å²) < 4.78 is 1.59. The molecule has 0 radical (unpaired) electrons. The quantitative estimate of drug-likeness (QED) is 0.564. The second-order valence-electron chi connectivity index (χ2n) is 5.63. The third-order valence-corrected chi connectivity index (χ3v) is 3.54. The highest BCUT2D eigenvalue weighted by atomic mass is 16.4. The Hall–Kier alpha value is -2.98. The number of fused-ring (bicyclic) bond motifs is 2. The van der Waals surface area contributed by atoms with Gasteiger partial charge in [-0.05, 0) is 12.8 Å². The van der Waals surface area contributed by atoms with Crippen molar-refractivity contribution >= 4 is 23.7 Å². The molecule has 0 saturated carbocycles. The van der Waals surface area contributed by atoms with E-state index in [1.807, 2.05) is 0 Å². The molecule has 11 nitrogen and oxygen atoms in total. The molecule has 3 N–H and O–H groups in total. The molecule has 1 aromatic heterocycles. The van der Waals surface area contributed by atoms with Crippen molar-refractivity contribution in [2.24, 2.45) is 0 Å². The van der Waals surface area contributed by atoms with Crippen LogP contribution in [0.15, 0.2) is 6.20 Å². The zero-order chi connectivity index (χ0) is 18.2. The number of aromatic nitrogens is 3. The second-order valence-corrected chi connectivity index (χ2v) is 5.63. The molecule has 0 atom stereocenters. The number of carbonyl (C=O) groups excluding carboxylic acids is 3. The fraction of sp³-hybridized carbons (Fsp3) is 0.571. The normalized spacial score (nSPS) is 17.8. The average molecular weight is 352 g/mol. The van der Waals surface area contributed by atoms with Gasteiger partial charge in [-0.15, -0.1) is 5.10 Å². The predicted molar refractivity (Wildman–Crippen MR) is 82.9 cm³/mol. The summed E-state index contributed by atoms with van der Waals surface area (Å²) >= 11 is 0. The number of hydrogen-bond donors (Lipinski definition) is 3. The maximum atomic E-state index is 12.2. The van der Waals surface area contributed by atoms with Crippen LogP contribution in [0.25, 0.3) is 0 Å². The smallest absolute Gasteiger partial charge is 0.323 e. The molecule has 2 heterocycles. The van der Waals surface area contributed by atoms with Gasteiger partial charge in [0, 0.05) is 13.0 Å².